The first kappa shape index (κ1) is 22.1. The monoisotopic (exact) mass is 455 g/mol. The molecule has 0 bridgehead atoms. The summed E-state index contributed by atoms with van der Waals surface area (Å²) in [5.74, 6) is 0.331. The van der Waals surface area contributed by atoms with Crippen LogP contribution in [0.4, 0.5) is 0 Å². The van der Waals surface area contributed by atoms with E-state index in [1.165, 1.54) is 11.8 Å². The Balaban J connectivity index is 1.66. The van der Waals surface area contributed by atoms with Crippen molar-refractivity contribution in [2.75, 3.05) is 13.1 Å². The van der Waals surface area contributed by atoms with Crippen molar-refractivity contribution in [3.63, 3.8) is 0 Å². The van der Waals surface area contributed by atoms with Crippen molar-refractivity contribution in [2.45, 2.75) is 52.0 Å². The Hall–Kier alpha value is -2.12. The van der Waals surface area contributed by atoms with E-state index in [0.717, 1.165) is 55.2 Å². The van der Waals surface area contributed by atoms with Crippen LogP contribution in [0.2, 0.25) is 0 Å². The fraction of sp³-hybridized carbons (Fsp3) is 0.458. The molecule has 2 amide bonds. The fourth-order valence-electron chi connectivity index (χ4n) is 4.25. The second kappa shape index (κ2) is 9.57. The van der Waals surface area contributed by atoms with E-state index in [4.69, 9.17) is 12.2 Å². The highest BCUT2D eigenvalue weighted by atomic mass is 32.2. The summed E-state index contributed by atoms with van der Waals surface area (Å²) in [6.45, 7) is 5.75. The van der Waals surface area contributed by atoms with Gasteiger partial charge in [0.05, 0.1) is 4.91 Å². The Morgan fingerprint density at radius 2 is 1.97 bits per heavy atom. The predicted molar refractivity (Wildman–Crippen MR) is 131 cm³/mol. The largest absolute Gasteiger partial charge is 0.361 e. The SMILES string of the molecule is CC(C)C/C=C1\SC(=S)N(C(Cc2c[nH]c3ccccc23)C(=O)N2CCCCC2)C1=O. The van der Waals surface area contributed by atoms with E-state index in [1.807, 2.05) is 35.4 Å². The van der Waals surface area contributed by atoms with E-state index in [0.29, 0.717) is 21.6 Å². The van der Waals surface area contributed by atoms with Crippen LogP contribution >= 0.6 is 24.0 Å². The molecule has 0 aliphatic carbocycles. The van der Waals surface area contributed by atoms with Crippen molar-refractivity contribution >= 4 is 51.0 Å². The number of H-pyrrole nitrogens is 1. The molecule has 1 N–H and O–H groups in total. The molecule has 2 aromatic rings. The van der Waals surface area contributed by atoms with Crippen LogP contribution in [0.5, 0.6) is 0 Å². The van der Waals surface area contributed by atoms with Gasteiger partial charge in [0.1, 0.15) is 10.4 Å². The van der Waals surface area contributed by atoms with Crippen molar-refractivity contribution in [1.29, 1.82) is 0 Å². The van der Waals surface area contributed by atoms with Crippen molar-refractivity contribution in [3.8, 4) is 0 Å². The minimum absolute atomic E-state index is 0.00592. The number of para-hydroxylation sites is 1. The first-order valence-electron chi connectivity index (χ1n) is 11.0. The lowest BCUT2D eigenvalue weighted by Crippen LogP contribution is -2.52. The summed E-state index contributed by atoms with van der Waals surface area (Å²) in [4.78, 5) is 34.4. The molecule has 4 rings (SSSR count). The van der Waals surface area contributed by atoms with Gasteiger partial charge in [0.25, 0.3) is 5.91 Å². The summed E-state index contributed by atoms with van der Waals surface area (Å²) in [7, 11) is 0. The summed E-state index contributed by atoms with van der Waals surface area (Å²) in [5.41, 5.74) is 2.06. The molecule has 2 aliphatic heterocycles. The van der Waals surface area contributed by atoms with Crippen molar-refractivity contribution in [3.05, 3.63) is 47.0 Å². The van der Waals surface area contributed by atoms with Crippen LogP contribution < -0.4 is 0 Å². The molecule has 1 aromatic carbocycles. The number of carbonyl (C=O) groups is 2. The van der Waals surface area contributed by atoms with Crippen LogP contribution in [0.3, 0.4) is 0 Å². The van der Waals surface area contributed by atoms with Crippen LogP contribution in [0.15, 0.2) is 41.4 Å². The van der Waals surface area contributed by atoms with Crippen LogP contribution in [0, 0.1) is 5.92 Å². The molecule has 164 valence electrons. The molecular weight excluding hydrogens is 426 g/mol. The summed E-state index contributed by atoms with van der Waals surface area (Å²) in [5, 5.41) is 1.08. The minimum atomic E-state index is -0.616. The van der Waals surface area contributed by atoms with E-state index in [1.54, 1.807) is 4.90 Å². The van der Waals surface area contributed by atoms with E-state index < -0.39 is 6.04 Å². The number of allylic oxidation sites excluding steroid dienone is 1. The molecule has 1 atom stereocenters. The van der Waals surface area contributed by atoms with Gasteiger partial charge >= 0.3 is 0 Å². The van der Waals surface area contributed by atoms with Crippen molar-refractivity contribution in [1.82, 2.24) is 14.8 Å². The van der Waals surface area contributed by atoms with Gasteiger partial charge in [0.15, 0.2) is 0 Å². The third kappa shape index (κ3) is 4.72. The first-order chi connectivity index (χ1) is 15.0. The van der Waals surface area contributed by atoms with Gasteiger partial charge in [0.2, 0.25) is 5.91 Å². The lowest BCUT2D eigenvalue weighted by molar-refractivity contribution is -0.140. The van der Waals surface area contributed by atoms with Gasteiger partial charge in [-0.15, -0.1) is 0 Å². The maximum atomic E-state index is 13.6. The molecule has 5 nitrogen and oxygen atoms in total. The zero-order valence-electron chi connectivity index (χ0n) is 18.1. The van der Waals surface area contributed by atoms with Gasteiger partial charge in [-0.3, -0.25) is 14.5 Å². The van der Waals surface area contributed by atoms with Crippen LogP contribution in [0.1, 0.15) is 45.1 Å². The molecule has 31 heavy (non-hydrogen) atoms. The topological polar surface area (TPSA) is 56.4 Å². The number of likely N-dealkylation sites (tertiary alicyclic amines) is 1. The van der Waals surface area contributed by atoms with Gasteiger partial charge < -0.3 is 9.88 Å². The van der Waals surface area contributed by atoms with Crippen molar-refractivity contribution in [2.24, 2.45) is 5.92 Å². The highest BCUT2D eigenvalue weighted by Gasteiger charge is 2.42. The predicted octanol–water partition coefficient (Wildman–Crippen LogP) is 4.88. The lowest BCUT2D eigenvalue weighted by Gasteiger charge is -2.34. The number of amides is 2. The lowest BCUT2D eigenvalue weighted by atomic mass is 10.0. The van der Waals surface area contributed by atoms with Gasteiger partial charge in [-0.25, -0.2) is 0 Å². The Morgan fingerprint density at radius 1 is 1.23 bits per heavy atom. The molecule has 2 saturated heterocycles. The summed E-state index contributed by atoms with van der Waals surface area (Å²) in [6.07, 6.45) is 8.36. The molecule has 3 heterocycles. The number of piperidine rings is 1. The maximum Gasteiger partial charge on any atom is 0.266 e. The number of hydrogen-bond acceptors (Lipinski definition) is 4. The van der Waals surface area contributed by atoms with E-state index in [2.05, 4.69) is 24.9 Å². The number of hydrogen-bond donors (Lipinski definition) is 1. The average molecular weight is 456 g/mol. The van der Waals surface area contributed by atoms with Gasteiger partial charge in [-0.05, 0) is 43.2 Å². The zero-order chi connectivity index (χ0) is 22.0. The average Bonchev–Trinajstić information content (AvgIpc) is 3.31. The highest BCUT2D eigenvalue weighted by Crippen LogP contribution is 2.35. The number of nitrogens with one attached hydrogen (secondary N) is 1. The third-order valence-corrected chi connectivity index (χ3v) is 7.33. The molecule has 1 unspecified atom stereocenters. The number of aromatic nitrogens is 1. The van der Waals surface area contributed by atoms with E-state index in [9.17, 15) is 9.59 Å². The normalized spacial score (nSPS) is 19.8. The quantitative estimate of drug-likeness (QED) is 0.498. The van der Waals surface area contributed by atoms with Gasteiger partial charge in [-0.2, -0.15) is 0 Å². The Kier molecular flexibility index (Phi) is 6.82. The molecule has 2 fully saturated rings. The number of fused-ring (bicyclic) bond motifs is 1. The third-order valence-electron chi connectivity index (χ3n) is 5.95. The van der Waals surface area contributed by atoms with Crippen LogP contribution in [-0.4, -0.2) is 50.1 Å². The number of carbonyl (C=O) groups excluding carboxylic acids is 2. The smallest absolute Gasteiger partial charge is 0.266 e. The van der Waals surface area contributed by atoms with Crippen LogP contribution in [-0.2, 0) is 16.0 Å². The molecular formula is C24H29N3O2S2. The molecule has 0 radical (unpaired) electrons. The number of nitrogens with zero attached hydrogens (tertiary/aromatic N) is 2. The summed E-state index contributed by atoms with van der Waals surface area (Å²) in [6, 6.07) is 7.44. The second-order valence-electron chi connectivity index (χ2n) is 8.71. The first-order valence-corrected chi connectivity index (χ1v) is 12.3. The number of thiocarbonyl (C=S) groups is 1. The maximum absolute atomic E-state index is 13.6. The van der Waals surface area contributed by atoms with Crippen molar-refractivity contribution < 1.29 is 9.59 Å². The molecule has 0 spiro atoms. The number of rotatable bonds is 6. The standard InChI is InChI=1S/C24H29N3O2S2/c1-16(2)10-11-21-23(29)27(24(30)31-21)20(22(28)26-12-6-3-7-13-26)14-17-15-25-19-9-5-4-8-18(17)19/h4-5,8-9,11,15-16,20,25H,3,6-7,10,12-14H2,1-2H3/b21-11-. The second-order valence-corrected chi connectivity index (χ2v) is 10.4. The fourth-order valence-corrected chi connectivity index (χ4v) is 5.59. The molecule has 7 heteroatoms. The molecule has 0 saturated carbocycles. The highest BCUT2D eigenvalue weighted by molar-refractivity contribution is 8.26. The van der Waals surface area contributed by atoms with Gasteiger partial charge in [-0.1, -0.05) is 62.1 Å². The zero-order valence-corrected chi connectivity index (χ0v) is 19.7. The Morgan fingerprint density at radius 3 is 2.71 bits per heavy atom. The van der Waals surface area contributed by atoms with E-state index in [-0.39, 0.29) is 11.8 Å². The molecule has 2 aliphatic rings. The summed E-state index contributed by atoms with van der Waals surface area (Å²) >= 11 is 6.93. The molecule has 1 aromatic heterocycles. The minimum Gasteiger partial charge on any atom is -0.361 e. The number of thioether (sulfide) groups is 1. The number of aromatic amines is 1. The van der Waals surface area contributed by atoms with Gasteiger partial charge in [0, 0.05) is 36.6 Å². The number of benzene rings is 1. The summed E-state index contributed by atoms with van der Waals surface area (Å²) < 4.78 is 0.482. The Labute approximate surface area is 193 Å². The van der Waals surface area contributed by atoms with Crippen LogP contribution in [0.25, 0.3) is 10.9 Å². The Bertz CT molecular complexity index is 1020. The van der Waals surface area contributed by atoms with E-state index >= 15 is 0 Å².